The number of carbonyl (C=O) groups is 1. The Balaban J connectivity index is 1.49. The number of nitrogens with zero attached hydrogens (tertiary/aromatic N) is 3. The van der Waals surface area contributed by atoms with Crippen molar-refractivity contribution in [3.63, 3.8) is 0 Å². The van der Waals surface area contributed by atoms with E-state index in [1.165, 1.54) is 28.7 Å². The van der Waals surface area contributed by atoms with E-state index >= 15 is 0 Å². The lowest BCUT2D eigenvalue weighted by atomic mass is 10.3. The van der Waals surface area contributed by atoms with Crippen LogP contribution in [0.1, 0.15) is 0 Å². The van der Waals surface area contributed by atoms with Crippen LogP contribution in [0.3, 0.4) is 0 Å². The standard InChI is InChI=1S/C18H15ClN4O3S3/c1-23(18-22-16-11(19)4-3-5-13(16)28-18)9-15(24)21-17-20-12-7-6-10(29(2,25)26)8-14(12)27-17/h3-8H,9H2,1-2H3,(H,20,21,24). The van der Waals surface area contributed by atoms with Crippen LogP contribution >= 0.6 is 34.3 Å². The topological polar surface area (TPSA) is 92.3 Å². The summed E-state index contributed by atoms with van der Waals surface area (Å²) < 4.78 is 25.0. The molecule has 0 unspecified atom stereocenters. The molecule has 11 heteroatoms. The molecule has 2 aromatic heterocycles. The Morgan fingerprint density at radius 3 is 2.69 bits per heavy atom. The molecule has 0 saturated carbocycles. The molecule has 7 nitrogen and oxygen atoms in total. The van der Waals surface area contributed by atoms with Gasteiger partial charge in [0.05, 0.1) is 31.4 Å². The van der Waals surface area contributed by atoms with Crippen molar-refractivity contribution >= 4 is 80.7 Å². The second kappa shape index (κ2) is 7.52. The number of para-hydroxylation sites is 1. The van der Waals surface area contributed by atoms with Crippen molar-refractivity contribution in [1.82, 2.24) is 9.97 Å². The molecule has 4 rings (SSSR count). The molecule has 1 N–H and O–H groups in total. The number of rotatable bonds is 5. The number of halogens is 1. The fraction of sp³-hybridized carbons (Fsp3) is 0.167. The number of likely N-dealkylation sites (N-methyl/N-ethyl adjacent to an activating group) is 1. The summed E-state index contributed by atoms with van der Waals surface area (Å²) in [6, 6.07) is 10.3. The number of aromatic nitrogens is 2. The highest BCUT2D eigenvalue weighted by atomic mass is 35.5. The van der Waals surface area contributed by atoms with Crippen molar-refractivity contribution in [2.45, 2.75) is 4.90 Å². The molecule has 1 amide bonds. The van der Waals surface area contributed by atoms with Gasteiger partial charge in [-0.2, -0.15) is 0 Å². The highest BCUT2D eigenvalue weighted by Gasteiger charge is 2.16. The average Bonchev–Trinajstić information content (AvgIpc) is 3.24. The Morgan fingerprint density at radius 2 is 1.97 bits per heavy atom. The molecule has 0 spiro atoms. The molecule has 0 saturated heterocycles. The predicted molar refractivity (Wildman–Crippen MR) is 119 cm³/mol. The molecule has 0 fully saturated rings. The quantitative estimate of drug-likeness (QED) is 0.477. The summed E-state index contributed by atoms with van der Waals surface area (Å²) in [5, 5.41) is 4.44. The number of fused-ring (bicyclic) bond motifs is 2. The minimum absolute atomic E-state index is 0.0853. The van der Waals surface area contributed by atoms with Crippen LogP contribution in [0.15, 0.2) is 41.3 Å². The van der Waals surface area contributed by atoms with Crippen LogP contribution in [0.4, 0.5) is 10.3 Å². The molecule has 0 aliphatic carbocycles. The minimum atomic E-state index is -3.30. The molecule has 0 atom stereocenters. The molecule has 2 heterocycles. The molecule has 29 heavy (non-hydrogen) atoms. The van der Waals surface area contributed by atoms with Crippen LogP contribution in [0.2, 0.25) is 5.02 Å². The molecular formula is C18H15ClN4O3S3. The summed E-state index contributed by atoms with van der Waals surface area (Å²) in [5.41, 5.74) is 1.35. The summed E-state index contributed by atoms with van der Waals surface area (Å²) in [7, 11) is -1.52. The lowest BCUT2D eigenvalue weighted by Crippen LogP contribution is -2.29. The Labute approximate surface area is 179 Å². The Bertz CT molecular complexity index is 1350. The van der Waals surface area contributed by atoms with Gasteiger partial charge in [0, 0.05) is 13.3 Å². The third kappa shape index (κ3) is 4.20. The van der Waals surface area contributed by atoms with E-state index in [4.69, 9.17) is 11.6 Å². The van der Waals surface area contributed by atoms with Crippen molar-refractivity contribution in [2.75, 3.05) is 30.1 Å². The van der Waals surface area contributed by atoms with Crippen molar-refractivity contribution in [1.29, 1.82) is 0 Å². The van der Waals surface area contributed by atoms with Gasteiger partial charge in [-0.05, 0) is 30.3 Å². The first-order valence-corrected chi connectivity index (χ1v) is 12.3. The van der Waals surface area contributed by atoms with Crippen LogP contribution in [0.5, 0.6) is 0 Å². The fourth-order valence-electron chi connectivity index (χ4n) is 2.70. The molecule has 2 aromatic carbocycles. The first-order chi connectivity index (χ1) is 13.7. The van der Waals surface area contributed by atoms with Crippen LogP contribution in [0, 0.1) is 0 Å². The van der Waals surface area contributed by atoms with Crippen LogP contribution < -0.4 is 10.2 Å². The predicted octanol–water partition coefficient (Wildman–Crippen LogP) is 4.04. The van der Waals surface area contributed by atoms with Gasteiger partial charge < -0.3 is 10.2 Å². The summed E-state index contributed by atoms with van der Waals surface area (Å²) >= 11 is 8.85. The van der Waals surface area contributed by atoms with Gasteiger partial charge in [-0.25, -0.2) is 18.4 Å². The second-order valence-corrected chi connectivity index (χ2v) is 10.9. The largest absolute Gasteiger partial charge is 0.342 e. The zero-order valence-electron chi connectivity index (χ0n) is 15.3. The molecule has 4 aromatic rings. The van der Waals surface area contributed by atoms with Crippen LogP contribution in [0.25, 0.3) is 20.4 Å². The fourth-order valence-corrected chi connectivity index (χ4v) is 5.57. The number of benzene rings is 2. The first kappa shape index (κ1) is 20.0. The van der Waals surface area contributed by atoms with Crippen molar-refractivity contribution in [3.8, 4) is 0 Å². The van der Waals surface area contributed by atoms with Gasteiger partial charge in [0.2, 0.25) is 5.91 Å². The van der Waals surface area contributed by atoms with Crippen LogP contribution in [-0.4, -0.2) is 44.1 Å². The number of nitrogens with one attached hydrogen (secondary N) is 1. The van der Waals surface area contributed by atoms with E-state index in [0.29, 0.717) is 31.0 Å². The number of carbonyl (C=O) groups excluding carboxylic acids is 1. The summed E-state index contributed by atoms with van der Waals surface area (Å²) in [4.78, 5) is 23.3. The second-order valence-electron chi connectivity index (χ2n) is 6.41. The van der Waals surface area contributed by atoms with E-state index in [2.05, 4.69) is 15.3 Å². The maximum absolute atomic E-state index is 12.5. The lowest BCUT2D eigenvalue weighted by Gasteiger charge is -2.14. The molecule has 0 bridgehead atoms. The van der Waals surface area contributed by atoms with Crippen molar-refractivity contribution < 1.29 is 13.2 Å². The lowest BCUT2D eigenvalue weighted by molar-refractivity contribution is -0.114. The van der Waals surface area contributed by atoms with Gasteiger partial charge >= 0.3 is 0 Å². The summed E-state index contributed by atoms with van der Waals surface area (Å²) in [6.45, 7) is 0.0853. The zero-order valence-corrected chi connectivity index (χ0v) is 18.5. The van der Waals surface area contributed by atoms with E-state index in [1.807, 2.05) is 12.1 Å². The minimum Gasteiger partial charge on any atom is -0.342 e. The third-order valence-electron chi connectivity index (χ3n) is 4.10. The Morgan fingerprint density at radius 1 is 1.17 bits per heavy atom. The average molecular weight is 467 g/mol. The van der Waals surface area contributed by atoms with E-state index in [0.717, 1.165) is 11.0 Å². The third-order valence-corrected chi connectivity index (χ3v) is 7.58. The monoisotopic (exact) mass is 466 g/mol. The maximum Gasteiger partial charge on any atom is 0.245 e. The highest BCUT2D eigenvalue weighted by molar-refractivity contribution is 7.90. The molecule has 0 radical (unpaired) electrons. The molecule has 0 aliphatic heterocycles. The number of thiazole rings is 2. The number of hydrogen-bond donors (Lipinski definition) is 1. The number of anilines is 2. The van der Waals surface area contributed by atoms with Gasteiger partial charge in [-0.3, -0.25) is 4.79 Å². The SMILES string of the molecule is CN(CC(=O)Nc1nc2ccc(S(C)(=O)=O)cc2s1)c1nc2c(Cl)cccc2s1. The Hall–Kier alpha value is -2.27. The molecular weight excluding hydrogens is 452 g/mol. The van der Waals surface area contributed by atoms with E-state index < -0.39 is 9.84 Å². The van der Waals surface area contributed by atoms with E-state index in [9.17, 15) is 13.2 Å². The molecule has 0 aliphatic rings. The first-order valence-electron chi connectivity index (χ1n) is 8.37. The number of hydrogen-bond acceptors (Lipinski definition) is 8. The summed E-state index contributed by atoms with van der Waals surface area (Å²) in [6.07, 6.45) is 1.16. The summed E-state index contributed by atoms with van der Waals surface area (Å²) in [5.74, 6) is -0.250. The maximum atomic E-state index is 12.5. The van der Waals surface area contributed by atoms with Crippen molar-refractivity contribution in [2.24, 2.45) is 0 Å². The van der Waals surface area contributed by atoms with Crippen molar-refractivity contribution in [3.05, 3.63) is 41.4 Å². The normalized spacial score (nSPS) is 11.8. The van der Waals surface area contributed by atoms with E-state index in [1.54, 1.807) is 30.1 Å². The van der Waals surface area contributed by atoms with Gasteiger partial charge in [0.25, 0.3) is 0 Å². The number of sulfone groups is 1. The van der Waals surface area contributed by atoms with Gasteiger partial charge in [0.15, 0.2) is 20.1 Å². The smallest absolute Gasteiger partial charge is 0.245 e. The zero-order chi connectivity index (χ0) is 20.8. The highest BCUT2D eigenvalue weighted by Crippen LogP contribution is 2.32. The molecule has 150 valence electrons. The Kier molecular flexibility index (Phi) is 5.19. The van der Waals surface area contributed by atoms with Gasteiger partial charge in [-0.15, -0.1) is 0 Å². The van der Waals surface area contributed by atoms with E-state index in [-0.39, 0.29) is 17.3 Å². The van der Waals surface area contributed by atoms with Gasteiger partial charge in [-0.1, -0.05) is 40.3 Å². The van der Waals surface area contributed by atoms with Gasteiger partial charge in [0.1, 0.15) is 5.52 Å². The number of amides is 1. The van der Waals surface area contributed by atoms with Crippen LogP contribution in [-0.2, 0) is 14.6 Å².